The largest absolute Gasteiger partial charge is 0.507 e. The van der Waals surface area contributed by atoms with Crippen LogP contribution in [0.1, 0.15) is 30.9 Å². The maximum atomic E-state index is 9.79. The smallest absolute Gasteiger partial charge is 0.124 e. The maximum absolute atomic E-state index is 9.79. The summed E-state index contributed by atoms with van der Waals surface area (Å²) in [6, 6.07) is 14.4. The van der Waals surface area contributed by atoms with E-state index in [1.54, 1.807) is 24.3 Å². The van der Waals surface area contributed by atoms with Gasteiger partial charge in [0.25, 0.3) is 0 Å². The van der Waals surface area contributed by atoms with E-state index >= 15 is 0 Å². The Bertz CT molecular complexity index is 723. The van der Waals surface area contributed by atoms with E-state index in [4.69, 9.17) is 0 Å². The third-order valence-corrected chi connectivity index (χ3v) is 3.80. The molecule has 0 atom stereocenters. The van der Waals surface area contributed by atoms with Crippen LogP contribution in [0.2, 0.25) is 0 Å². The predicted molar refractivity (Wildman–Crippen MR) is 99.6 cm³/mol. The zero-order chi connectivity index (χ0) is 17.4. The van der Waals surface area contributed by atoms with E-state index in [0.29, 0.717) is 6.54 Å². The highest BCUT2D eigenvalue weighted by molar-refractivity contribution is 6.00. The fourth-order valence-electron chi connectivity index (χ4n) is 2.41. The molecule has 0 aliphatic rings. The Morgan fingerprint density at radius 2 is 1.54 bits per heavy atom. The highest BCUT2D eigenvalue weighted by atomic mass is 16.3. The summed E-state index contributed by atoms with van der Waals surface area (Å²) < 4.78 is 0. The van der Waals surface area contributed by atoms with Crippen molar-refractivity contribution in [3.63, 3.8) is 0 Å². The molecule has 0 saturated heterocycles. The van der Waals surface area contributed by atoms with Gasteiger partial charge in [0, 0.05) is 35.6 Å². The Hall–Kier alpha value is -2.75. The minimum Gasteiger partial charge on any atom is -0.507 e. The lowest BCUT2D eigenvalue weighted by Gasteiger charge is -2.10. The molecule has 3 N–H and O–H groups in total. The molecule has 2 rings (SSSR count). The number of hydrogen-bond donors (Lipinski definition) is 3. The number of para-hydroxylation sites is 2. The van der Waals surface area contributed by atoms with Crippen LogP contribution in [-0.2, 0) is 0 Å². The molecule has 2 aromatic rings. The van der Waals surface area contributed by atoms with Crippen molar-refractivity contribution in [3.8, 4) is 11.5 Å². The number of unbranched alkanes of at least 4 members (excludes halogenated alkanes) is 1. The monoisotopic (exact) mass is 324 g/mol. The van der Waals surface area contributed by atoms with E-state index < -0.39 is 0 Å². The van der Waals surface area contributed by atoms with Gasteiger partial charge >= 0.3 is 0 Å². The van der Waals surface area contributed by atoms with Crippen molar-refractivity contribution in [1.29, 1.82) is 0 Å². The van der Waals surface area contributed by atoms with Crippen molar-refractivity contribution in [2.45, 2.75) is 19.8 Å². The van der Waals surface area contributed by atoms with Gasteiger partial charge in [-0.25, -0.2) is 0 Å². The molecule has 24 heavy (non-hydrogen) atoms. The van der Waals surface area contributed by atoms with Gasteiger partial charge in [0.15, 0.2) is 0 Å². The van der Waals surface area contributed by atoms with Crippen LogP contribution in [-0.4, -0.2) is 29.0 Å². The number of rotatable bonds is 8. The zero-order valence-electron chi connectivity index (χ0n) is 14.0. The van der Waals surface area contributed by atoms with Crippen LogP contribution in [0.4, 0.5) is 0 Å². The summed E-state index contributed by atoms with van der Waals surface area (Å²) in [6.45, 7) is 7.35. The third-order valence-electron chi connectivity index (χ3n) is 3.80. The Kier molecular flexibility index (Phi) is 6.43. The first-order chi connectivity index (χ1) is 11.6. The number of aliphatic imine (C=N–C) groups is 1. The van der Waals surface area contributed by atoms with E-state index in [1.807, 2.05) is 31.2 Å². The minimum absolute atomic E-state index is 0.234. The van der Waals surface area contributed by atoms with Gasteiger partial charge in [0.05, 0.1) is 0 Å². The molecule has 0 amide bonds. The van der Waals surface area contributed by atoms with Crippen molar-refractivity contribution < 1.29 is 10.2 Å². The number of phenolic OH excluding ortho intramolecular Hbond substituents is 2. The van der Waals surface area contributed by atoms with Gasteiger partial charge in [-0.2, -0.15) is 0 Å². The maximum Gasteiger partial charge on any atom is 0.124 e. The summed E-state index contributed by atoms with van der Waals surface area (Å²) in [5.41, 5.74) is 3.08. The fourth-order valence-corrected chi connectivity index (χ4v) is 2.41. The van der Waals surface area contributed by atoms with E-state index in [1.165, 1.54) is 0 Å². The zero-order valence-corrected chi connectivity index (χ0v) is 14.0. The van der Waals surface area contributed by atoms with Crippen LogP contribution in [0.5, 0.6) is 11.5 Å². The van der Waals surface area contributed by atoms with Gasteiger partial charge in [0.2, 0.25) is 0 Å². The van der Waals surface area contributed by atoms with Crippen molar-refractivity contribution in [3.05, 3.63) is 66.2 Å². The molecule has 0 aliphatic carbocycles. The number of aromatic hydroxyl groups is 2. The SMILES string of the molecule is C=C(NCCCCN=C(C)c1ccccc1O)c1ccccc1O. The van der Waals surface area contributed by atoms with Crippen molar-refractivity contribution >= 4 is 11.4 Å². The number of phenols is 2. The van der Waals surface area contributed by atoms with E-state index in [0.717, 1.165) is 41.9 Å². The lowest BCUT2D eigenvalue weighted by molar-refractivity contribution is 0.472. The third kappa shape index (κ3) is 4.88. The average Bonchev–Trinajstić information content (AvgIpc) is 2.58. The first kappa shape index (κ1) is 17.6. The first-order valence-corrected chi connectivity index (χ1v) is 8.10. The standard InChI is InChI=1S/C20H24N2O2/c1-15(17-9-3-5-11-19(17)23)21-13-7-8-14-22-16(2)18-10-4-6-12-20(18)24/h3-6,9-12,21,23-24H,1,7-8,13-14H2,2H3. The number of nitrogens with zero attached hydrogens (tertiary/aromatic N) is 1. The van der Waals surface area contributed by atoms with Gasteiger partial charge in [-0.05, 0) is 44.0 Å². The van der Waals surface area contributed by atoms with Crippen LogP contribution in [0.3, 0.4) is 0 Å². The summed E-state index contributed by atoms with van der Waals surface area (Å²) in [5.74, 6) is 0.497. The molecule has 0 spiro atoms. The van der Waals surface area contributed by atoms with Gasteiger partial charge in [0.1, 0.15) is 11.5 Å². The Morgan fingerprint density at radius 3 is 2.17 bits per heavy atom. The van der Waals surface area contributed by atoms with E-state index in [9.17, 15) is 10.2 Å². The van der Waals surface area contributed by atoms with Gasteiger partial charge in [-0.15, -0.1) is 0 Å². The highest BCUT2D eigenvalue weighted by Crippen LogP contribution is 2.21. The minimum atomic E-state index is 0.234. The second-order valence-electron chi connectivity index (χ2n) is 5.61. The number of nitrogens with one attached hydrogen (secondary N) is 1. The topological polar surface area (TPSA) is 64.9 Å². The van der Waals surface area contributed by atoms with Crippen LogP contribution >= 0.6 is 0 Å². The Labute approximate surface area is 143 Å². The molecule has 0 radical (unpaired) electrons. The van der Waals surface area contributed by atoms with Crippen LogP contribution in [0.15, 0.2) is 60.1 Å². The normalized spacial score (nSPS) is 11.3. The highest BCUT2D eigenvalue weighted by Gasteiger charge is 2.04. The Balaban J connectivity index is 1.72. The molecule has 2 aromatic carbocycles. The van der Waals surface area contributed by atoms with Crippen LogP contribution in [0, 0.1) is 0 Å². The molecular weight excluding hydrogens is 300 g/mol. The van der Waals surface area contributed by atoms with Crippen molar-refractivity contribution in [2.24, 2.45) is 4.99 Å². The number of benzene rings is 2. The molecule has 0 saturated carbocycles. The molecular formula is C20H24N2O2. The van der Waals surface area contributed by atoms with Crippen molar-refractivity contribution in [2.75, 3.05) is 13.1 Å². The molecule has 4 nitrogen and oxygen atoms in total. The second kappa shape index (κ2) is 8.77. The van der Waals surface area contributed by atoms with Crippen LogP contribution in [0.25, 0.3) is 5.70 Å². The quantitative estimate of drug-likeness (QED) is 0.509. The molecule has 0 aliphatic heterocycles. The summed E-state index contributed by atoms with van der Waals surface area (Å²) in [7, 11) is 0. The average molecular weight is 324 g/mol. The van der Waals surface area contributed by atoms with E-state index in [2.05, 4.69) is 16.9 Å². The molecule has 0 heterocycles. The number of hydrogen-bond acceptors (Lipinski definition) is 4. The molecule has 0 bridgehead atoms. The second-order valence-corrected chi connectivity index (χ2v) is 5.61. The summed E-state index contributed by atoms with van der Waals surface area (Å²) in [6.07, 6.45) is 1.89. The van der Waals surface area contributed by atoms with Gasteiger partial charge < -0.3 is 15.5 Å². The Morgan fingerprint density at radius 1 is 0.958 bits per heavy atom. The first-order valence-electron chi connectivity index (χ1n) is 8.10. The summed E-state index contributed by atoms with van der Waals surface area (Å²) in [4.78, 5) is 4.51. The molecule has 0 aromatic heterocycles. The molecule has 0 fully saturated rings. The van der Waals surface area contributed by atoms with E-state index in [-0.39, 0.29) is 11.5 Å². The van der Waals surface area contributed by atoms with Crippen LogP contribution < -0.4 is 5.32 Å². The van der Waals surface area contributed by atoms with Gasteiger partial charge in [-0.1, -0.05) is 30.8 Å². The fraction of sp³-hybridized carbons (Fsp3) is 0.250. The summed E-state index contributed by atoms with van der Waals surface area (Å²) in [5, 5.41) is 22.8. The molecule has 126 valence electrons. The lowest BCUT2D eigenvalue weighted by Crippen LogP contribution is -2.13. The summed E-state index contributed by atoms with van der Waals surface area (Å²) >= 11 is 0. The predicted octanol–water partition coefficient (Wildman–Crippen LogP) is 3.95. The van der Waals surface area contributed by atoms with Gasteiger partial charge in [-0.3, -0.25) is 4.99 Å². The lowest BCUT2D eigenvalue weighted by atomic mass is 10.1. The van der Waals surface area contributed by atoms with Crippen molar-refractivity contribution in [1.82, 2.24) is 5.32 Å². The molecule has 0 unspecified atom stereocenters. The molecule has 4 heteroatoms.